The van der Waals surface area contributed by atoms with Gasteiger partial charge < -0.3 is 9.88 Å². The molecule has 25 heavy (non-hydrogen) atoms. The molecule has 1 N–H and O–H groups in total. The van der Waals surface area contributed by atoms with Crippen molar-refractivity contribution in [2.45, 2.75) is 39.0 Å². The van der Waals surface area contributed by atoms with Crippen LogP contribution in [0, 0.1) is 6.92 Å². The van der Waals surface area contributed by atoms with E-state index in [1.54, 1.807) is 6.07 Å². The van der Waals surface area contributed by atoms with E-state index in [1.807, 2.05) is 38.1 Å². The summed E-state index contributed by atoms with van der Waals surface area (Å²) in [6.07, 6.45) is 0. The molecule has 0 atom stereocenters. The lowest BCUT2D eigenvalue weighted by Gasteiger charge is -2.08. The molecule has 0 aliphatic heterocycles. The first-order valence-corrected chi connectivity index (χ1v) is 9.31. The molecule has 3 rings (SSSR count). The molecule has 0 radical (unpaired) electrons. The largest absolute Gasteiger partial charge is 0.343 e. The van der Waals surface area contributed by atoms with Gasteiger partial charge in [-0.3, -0.25) is 4.79 Å². The fraction of sp³-hybridized carbons (Fsp3) is 0.333. The van der Waals surface area contributed by atoms with Gasteiger partial charge >= 0.3 is 0 Å². The van der Waals surface area contributed by atoms with Gasteiger partial charge in [-0.05, 0) is 37.8 Å². The number of carbonyl (C=O) groups excluding carboxylic acids is 1. The van der Waals surface area contributed by atoms with Crippen molar-refractivity contribution in [3.63, 3.8) is 0 Å². The Morgan fingerprint density at radius 3 is 2.76 bits per heavy atom. The van der Waals surface area contributed by atoms with Crippen molar-refractivity contribution in [3.05, 3.63) is 47.5 Å². The van der Waals surface area contributed by atoms with Crippen LogP contribution >= 0.6 is 11.8 Å². The molecule has 0 aliphatic rings. The summed E-state index contributed by atoms with van der Waals surface area (Å²) in [6, 6.07) is 9.69. The Labute approximate surface area is 151 Å². The number of nitrogens with zero attached hydrogens (tertiary/aromatic N) is 4. The Balaban J connectivity index is 1.79. The van der Waals surface area contributed by atoms with Crippen molar-refractivity contribution in [3.8, 4) is 0 Å². The summed E-state index contributed by atoms with van der Waals surface area (Å²) in [4.78, 5) is 25.8. The van der Waals surface area contributed by atoms with Crippen LogP contribution in [0.4, 0.5) is 0 Å². The van der Waals surface area contributed by atoms with E-state index in [0.717, 1.165) is 34.8 Å². The monoisotopic (exact) mass is 355 g/mol. The number of benzene rings is 1. The molecule has 130 valence electrons. The van der Waals surface area contributed by atoms with Crippen LogP contribution in [-0.4, -0.2) is 31.2 Å². The van der Waals surface area contributed by atoms with E-state index in [9.17, 15) is 4.79 Å². The van der Waals surface area contributed by atoms with Crippen LogP contribution in [0.15, 0.2) is 35.5 Å². The van der Waals surface area contributed by atoms with Crippen molar-refractivity contribution < 1.29 is 4.79 Å². The molecule has 2 heterocycles. The Bertz CT molecular complexity index is 906. The van der Waals surface area contributed by atoms with Crippen LogP contribution in [0.1, 0.15) is 35.9 Å². The maximum absolute atomic E-state index is 12.5. The molecule has 0 saturated carbocycles. The second-order valence-corrected chi connectivity index (χ2v) is 6.79. The first-order chi connectivity index (χ1) is 12.1. The summed E-state index contributed by atoms with van der Waals surface area (Å²) in [5.74, 6) is 1.49. The van der Waals surface area contributed by atoms with Crippen LogP contribution in [0.3, 0.4) is 0 Å². The van der Waals surface area contributed by atoms with Crippen LogP contribution in [0.2, 0.25) is 0 Å². The van der Waals surface area contributed by atoms with Gasteiger partial charge in [0.2, 0.25) is 0 Å². The number of aryl methyl sites for hydroxylation is 2. The maximum atomic E-state index is 12.5. The SMILES string of the molecule is CCSc1nc(C)cc(C(=O)NCc2nc3ccccc3n2CC)n1. The smallest absolute Gasteiger partial charge is 0.270 e. The zero-order valence-corrected chi connectivity index (χ0v) is 15.4. The molecule has 1 aromatic carbocycles. The minimum Gasteiger partial charge on any atom is -0.343 e. The maximum Gasteiger partial charge on any atom is 0.270 e. The minimum atomic E-state index is -0.210. The second kappa shape index (κ2) is 7.65. The van der Waals surface area contributed by atoms with E-state index in [0.29, 0.717) is 17.4 Å². The highest BCUT2D eigenvalue weighted by Crippen LogP contribution is 2.16. The number of imidazole rings is 1. The first-order valence-electron chi connectivity index (χ1n) is 8.33. The number of aromatic nitrogens is 4. The van der Waals surface area contributed by atoms with E-state index < -0.39 is 0 Å². The van der Waals surface area contributed by atoms with Gasteiger partial charge in [-0.15, -0.1) is 0 Å². The molecule has 0 bridgehead atoms. The molecule has 3 aromatic rings. The molecular formula is C18H21N5OS. The van der Waals surface area contributed by atoms with Gasteiger partial charge in [0, 0.05) is 12.2 Å². The standard InChI is InChI=1S/C18H21N5OS/c1-4-23-15-9-7-6-8-13(15)21-16(23)11-19-17(24)14-10-12(3)20-18(22-14)25-5-2/h6-10H,4-5,11H2,1-3H3,(H,19,24). The van der Waals surface area contributed by atoms with Crippen molar-refractivity contribution >= 4 is 28.7 Å². The molecular weight excluding hydrogens is 334 g/mol. The van der Waals surface area contributed by atoms with E-state index in [2.05, 4.69) is 31.8 Å². The molecule has 7 heteroatoms. The van der Waals surface area contributed by atoms with E-state index in [-0.39, 0.29) is 5.91 Å². The lowest BCUT2D eigenvalue weighted by molar-refractivity contribution is 0.0943. The number of nitrogens with one attached hydrogen (secondary N) is 1. The number of hydrogen-bond acceptors (Lipinski definition) is 5. The summed E-state index contributed by atoms with van der Waals surface area (Å²) in [5, 5.41) is 3.56. The lowest BCUT2D eigenvalue weighted by Crippen LogP contribution is -2.26. The summed E-state index contributed by atoms with van der Waals surface area (Å²) < 4.78 is 2.11. The predicted molar refractivity (Wildman–Crippen MR) is 99.7 cm³/mol. The lowest BCUT2D eigenvalue weighted by atomic mass is 10.3. The van der Waals surface area contributed by atoms with E-state index in [4.69, 9.17) is 0 Å². The number of amides is 1. The number of hydrogen-bond donors (Lipinski definition) is 1. The van der Waals surface area contributed by atoms with Gasteiger partial charge in [-0.25, -0.2) is 15.0 Å². The fourth-order valence-electron chi connectivity index (χ4n) is 2.71. The molecule has 0 unspecified atom stereocenters. The number of rotatable bonds is 6. The van der Waals surface area contributed by atoms with Crippen LogP contribution < -0.4 is 5.32 Å². The summed E-state index contributed by atoms with van der Waals surface area (Å²) in [6.45, 7) is 7.14. The van der Waals surface area contributed by atoms with Gasteiger partial charge in [0.1, 0.15) is 11.5 Å². The average molecular weight is 355 g/mol. The van der Waals surface area contributed by atoms with Crippen molar-refractivity contribution in [1.29, 1.82) is 0 Å². The average Bonchev–Trinajstić information content (AvgIpc) is 2.97. The van der Waals surface area contributed by atoms with Crippen molar-refractivity contribution in [2.75, 3.05) is 5.75 Å². The highest BCUT2D eigenvalue weighted by molar-refractivity contribution is 7.99. The normalized spacial score (nSPS) is 11.0. The Hall–Kier alpha value is -2.41. The third-order valence-electron chi connectivity index (χ3n) is 3.80. The van der Waals surface area contributed by atoms with Crippen molar-refractivity contribution in [1.82, 2.24) is 24.8 Å². The molecule has 2 aromatic heterocycles. The Morgan fingerprint density at radius 1 is 1.20 bits per heavy atom. The third kappa shape index (κ3) is 3.82. The molecule has 0 spiro atoms. The highest BCUT2D eigenvalue weighted by atomic mass is 32.2. The fourth-order valence-corrected chi connectivity index (χ4v) is 3.34. The Kier molecular flexibility index (Phi) is 5.33. The summed E-state index contributed by atoms with van der Waals surface area (Å²) >= 11 is 1.53. The van der Waals surface area contributed by atoms with Gasteiger partial charge in [-0.2, -0.15) is 0 Å². The number of para-hydroxylation sites is 2. The summed E-state index contributed by atoms with van der Waals surface area (Å²) in [5.41, 5.74) is 3.20. The number of fused-ring (bicyclic) bond motifs is 1. The van der Waals surface area contributed by atoms with Crippen LogP contribution in [0.25, 0.3) is 11.0 Å². The van der Waals surface area contributed by atoms with E-state index >= 15 is 0 Å². The van der Waals surface area contributed by atoms with Crippen LogP contribution in [-0.2, 0) is 13.1 Å². The molecule has 6 nitrogen and oxygen atoms in total. The van der Waals surface area contributed by atoms with Crippen LogP contribution in [0.5, 0.6) is 0 Å². The molecule has 0 saturated heterocycles. The quantitative estimate of drug-likeness (QED) is 0.543. The summed E-state index contributed by atoms with van der Waals surface area (Å²) in [7, 11) is 0. The first kappa shape index (κ1) is 17.4. The van der Waals surface area contributed by atoms with Gasteiger partial charge in [0.25, 0.3) is 5.91 Å². The predicted octanol–water partition coefficient (Wildman–Crippen LogP) is 3.20. The molecule has 1 amide bonds. The second-order valence-electron chi connectivity index (χ2n) is 5.55. The zero-order chi connectivity index (χ0) is 17.8. The Morgan fingerprint density at radius 2 is 2.00 bits per heavy atom. The number of thioether (sulfide) groups is 1. The van der Waals surface area contributed by atoms with Gasteiger partial charge in [0.15, 0.2) is 5.16 Å². The van der Waals surface area contributed by atoms with Crippen molar-refractivity contribution in [2.24, 2.45) is 0 Å². The minimum absolute atomic E-state index is 0.210. The molecule has 0 aliphatic carbocycles. The van der Waals surface area contributed by atoms with Gasteiger partial charge in [-0.1, -0.05) is 30.8 Å². The van der Waals surface area contributed by atoms with Gasteiger partial charge in [0.05, 0.1) is 17.6 Å². The zero-order valence-electron chi connectivity index (χ0n) is 14.6. The highest BCUT2D eigenvalue weighted by Gasteiger charge is 2.13. The van der Waals surface area contributed by atoms with E-state index in [1.165, 1.54) is 11.8 Å². The topological polar surface area (TPSA) is 72.7 Å². The molecule has 0 fully saturated rings. The number of carbonyl (C=O) groups is 1. The third-order valence-corrected chi connectivity index (χ3v) is 4.53.